The van der Waals surface area contributed by atoms with Gasteiger partial charge in [-0.1, -0.05) is 6.07 Å². The fourth-order valence-electron chi connectivity index (χ4n) is 1.87. The quantitative estimate of drug-likeness (QED) is 0.475. The fourth-order valence-corrected chi connectivity index (χ4v) is 1.87. The third kappa shape index (κ3) is 3.38. The summed E-state index contributed by atoms with van der Waals surface area (Å²) in [4.78, 5) is 30.4. The minimum Gasteiger partial charge on any atom is -0.481 e. The van der Waals surface area contributed by atoms with Crippen molar-refractivity contribution in [2.75, 3.05) is 7.11 Å². The third-order valence-electron chi connectivity index (χ3n) is 2.98. The first-order valence-electron chi connectivity index (χ1n) is 6.14. The number of rotatable bonds is 5. The van der Waals surface area contributed by atoms with Crippen LogP contribution >= 0.6 is 0 Å². The fraction of sp³-hybridized carbons (Fsp3) is 0.214. The zero-order valence-corrected chi connectivity index (χ0v) is 11.6. The van der Waals surface area contributed by atoms with Gasteiger partial charge in [0.15, 0.2) is 5.78 Å². The number of non-ortho nitro benzene ring substituents is 1. The number of Topliss-reactive ketones (excluding diaryl/α,β-unsaturated/α-hetero) is 1. The molecule has 0 bridgehead atoms. The molecule has 1 aromatic carbocycles. The molecular formula is C14H13N3O4. The van der Waals surface area contributed by atoms with E-state index in [4.69, 9.17) is 4.74 Å². The number of ketones is 1. The van der Waals surface area contributed by atoms with E-state index in [1.54, 1.807) is 19.1 Å². The Morgan fingerprint density at radius 3 is 2.76 bits per heavy atom. The molecule has 108 valence electrons. The monoisotopic (exact) mass is 287 g/mol. The first-order valence-corrected chi connectivity index (χ1v) is 6.14. The Morgan fingerprint density at radius 2 is 2.10 bits per heavy atom. The second kappa shape index (κ2) is 6.08. The summed E-state index contributed by atoms with van der Waals surface area (Å²) in [5, 5.41) is 10.8. The summed E-state index contributed by atoms with van der Waals surface area (Å²) in [7, 11) is 1.47. The molecule has 7 heteroatoms. The maximum Gasteiger partial charge on any atom is 0.270 e. The maximum atomic E-state index is 12.3. The SMILES string of the molecule is COc1cc(CC(=O)c2cc([N+](=O)[O-])ccc2C)ncn1. The van der Waals surface area contributed by atoms with E-state index in [2.05, 4.69) is 9.97 Å². The summed E-state index contributed by atoms with van der Waals surface area (Å²) in [6.07, 6.45) is 1.34. The molecule has 2 aromatic rings. The van der Waals surface area contributed by atoms with Crippen molar-refractivity contribution in [3.05, 3.63) is 57.5 Å². The number of aryl methyl sites for hydroxylation is 1. The molecule has 0 unspecified atom stereocenters. The largest absolute Gasteiger partial charge is 0.481 e. The number of nitro benzene ring substituents is 1. The van der Waals surface area contributed by atoms with Gasteiger partial charge in [0.05, 0.1) is 24.1 Å². The van der Waals surface area contributed by atoms with E-state index in [1.165, 1.54) is 25.6 Å². The van der Waals surface area contributed by atoms with Gasteiger partial charge in [-0.25, -0.2) is 9.97 Å². The molecule has 0 saturated heterocycles. The van der Waals surface area contributed by atoms with Crippen molar-refractivity contribution in [2.45, 2.75) is 13.3 Å². The number of carbonyl (C=O) groups is 1. The average molecular weight is 287 g/mol. The molecule has 0 fully saturated rings. The molecule has 21 heavy (non-hydrogen) atoms. The molecule has 0 aliphatic heterocycles. The van der Waals surface area contributed by atoms with Crippen LogP contribution < -0.4 is 4.74 Å². The van der Waals surface area contributed by atoms with E-state index < -0.39 is 4.92 Å². The molecule has 2 rings (SSSR count). The molecule has 0 aliphatic carbocycles. The number of carbonyl (C=O) groups excluding carboxylic acids is 1. The van der Waals surface area contributed by atoms with Gasteiger partial charge >= 0.3 is 0 Å². The zero-order chi connectivity index (χ0) is 15.4. The van der Waals surface area contributed by atoms with Crippen LogP contribution in [0.3, 0.4) is 0 Å². The number of ether oxygens (including phenoxy) is 1. The van der Waals surface area contributed by atoms with Crippen LogP contribution in [0.5, 0.6) is 5.88 Å². The number of nitro groups is 1. The third-order valence-corrected chi connectivity index (χ3v) is 2.98. The Morgan fingerprint density at radius 1 is 1.33 bits per heavy atom. The Hall–Kier alpha value is -2.83. The molecule has 0 amide bonds. The Balaban J connectivity index is 2.27. The highest BCUT2D eigenvalue weighted by atomic mass is 16.6. The van der Waals surface area contributed by atoms with Crippen molar-refractivity contribution in [1.29, 1.82) is 0 Å². The van der Waals surface area contributed by atoms with Gasteiger partial charge in [0, 0.05) is 23.8 Å². The van der Waals surface area contributed by atoms with Crippen LogP contribution in [-0.2, 0) is 6.42 Å². The topological polar surface area (TPSA) is 95.2 Å². The maximum absolute atomic E-state index is 12.3. The molecule has 0 aliphatic rings. The first kappa shape index (κ1) is 14.6. The lowest BCUT2D eigenvalue weighted by Crippen LogP contribution is -2.08. The first-order chi connectivity index (χ1) is 10.0. The molecular weight excluding hydrogens is 274 g/mol. The van der Waals surface area contributed by atoms with Crippen molar-refractivity contribution >= 4 is 11.5 Å². The molecule has 0 spiro atoms. The van der Waals surface area contributed by atoms with E-state index in [0.29, 0.717) is 22.7 Å². The molecule has 0 radical (unpaired) electrons. The van der Waals surface area contributed by atoms with Gasteiger partial charge in [-0.15, -0.1) is 0 Å². The van der Waals surface area contributed by atoms with Crippen LogP contribution in [0.2, 0.25) is 0 Å². The van der Waals surface area contributed by atoms with Crippen molar-refractivity contribution in [1.82, 2.24) is 9.97 Å². The number of hydrogen-bond donors (Lipinski definition) is 0. The van der Waals surface area contributed by atoms with Crippen LogP contribution in [0.25, 0.3) is 0 Å². The van der Waals surface area contributed by atoms with E-state index in [9.17, 15) is 14.9 Å². The summed E-state index contributed by atoms with van der Waals surface area (Å²) in [6, 6.07) is 5.78. The van der Waals surface area contributed by atoms with E-state index in [0.717, 1.165) is 0 Å². The van der Waals surface area contributed by atoms with Crippen LogP contribution in [0.15, 0.2) is 30.6 Å². The van der Waals surface area contributed by atoms with Gasteiger partial charge in [-0.05, 0) is 12.5 Å². The highest BCUT2D eigenvalue weighted by molar-refractivity contribution is 5.99. The summed E-state index contributed by atoms with van der Waals surface area (Å²) in [5.74, 6) is 0.125. The predicted molar refractivity (Wildman–Crippen MR) is 74.5 cm³/mol. The summed E-state index contributed by atoms with van der Waals surface area (Å²) < 4.78 is 4.96. The van der Waals surface area contributed by atoms with E-state index >= 15 is 0 Å². The van der Waals surface area contributed by atoms with Gasteiger partial charge in [0.25, 0.3) is 5.69 Å². The van der Waals surface area contributed by atoms with Gasteiger partial charge < -0.3 is 4.74 Å². The predicted octanol–water partition coefficient (Wildman–Crippen LogP) is 2.13. The molecule has 0 saturated carbocycles. The smallest absolute Gasteiger partial charge is 0.270 e. The van der Waals surface area contributed by atoms with Crippen LogP contribution in [0, 0.1) is 17.0 Å². The number of aromatic nitrogens is 2. The van der Waals surface area contributed by atoms with Crippen LogP contribution in [0.1, 0.15) is 21.6 Å². The summed E-state index contributed by atoms with van der Waals surface area (Å²) in [6.45, 7) is 1.73. The average Bonchev–Trinajstić information content (AvgIpc) is 2.47. The van der Waals surface area contributed by atoms with Gasteiger partial charge in [0.1, 0.15) is 6.33 Å². The highest BCUT2D eigenvalue weighted by Gasteiger charge is 2.16. The van der Waals surface area contributed by atoms with E-state index in [1.807, 2.05) is 0 Å². The number of benzene rings is 1. The summed E-state index contributed by atoms with van der Waals surface area (Å²) in [5.41, 5.74) is 1.40. The minimum absolute atomic E-state index is 0.0287. The van der Waals surface area contributed by atoms with Crippen molar-refractivity contribution in [3.63, 3.8) is 0 Å². The van der Waals surface area contributed by atoms with Crippen LogP contribution in [-0.4, -0.2) is 27.8 Å². The zero-order valence-electron chi connectivity index (χ0n) is 11.6. The van der Waals surface area contributed by atoms with Crippen molar-refractivity contribution in [3.8, 4) is 5.88 Å². The van der Waals surface area contributed by atoms with E-state index in [-0.39, 0.29) is 17.9 Å². The lowest BCUT2D eigenvalue weighted by atomic mass is 10.0. The summed E-state index contributed by atoms with van der Waals surface area (Å²) >= 11 is 0. The Labute approximate surface area is 120 Å². The van der Waals surface area contributed by atoms with Gasteiger partial charge in [-0.3, -0.25) is 14.9 Å². The minimum atomic E-state index is -0.524. The van der Waals surface area contributed by atoms with Crippen molar-refractivity contribution in [2.24, 2.45) is 0 Å². The van der Waals surface area contributed by atoms with Crippen molar-refractivity contribution < 1.29 is 14.5 Å². The molecule has 0 atom stereocenters. The molecule has 0 N–H and O–H groups in total. The van der Waals surface area contributed by atoms with Gasteiger partial charge in [0.2, 0.25) is 5.88 Å². The molecule has 7 nitrogen and oxygen atoms in total. The normalized spacial score (nSPS) is 10.2. The number of hydrogen-bond acceptors (Lipinski definition) is 6. The number of nitrogens with zero attached hydrogens (tertiary/aromatic N) is 3. The lowest BCUT2D eigenvalue weighted by molar-refractivity contribution is -0.384. The highest BCUT2D eigenvalue weighted by Crippen LogP contribution is 2.19. The van der Waals surface area contributed by atoms with Crippen LogP contribution in [0.4, 0.5) is 5.69 Å². The lowest BCUT2D eigenvalue weighted by Gasteiger charge is -2.05. The standard InChI is InChI=1S/C14H13N3O4/c1-9-3-4-11(17(19)20)7-12(9)13(18)5-10-6-14(21-2)16-8-15-10/h3-4,6-8H,5H2,1-2H3. The Bertz CT molecular complexity index is 700. The molecule has 1 aromatic heterocycles. The molecule has 1 heterocycles. The van der Waals surface area contributed by atoms with Gasteiger partial charge in [-0.2, -0.15) is 0 Å². The second-order valence-electron chi connectivity index (χ2n) is 4.41. The Kier molecular flexibility index (Phi) is 4.22. The number of methoxy groups -OCH3 is 1. The second-order valence-corrected chi connectivity index (χ2v) is 4.41.